The van der Waals surface area contributed by atoms with E-state index in [-0.39, 0.29) is 5.69 Å². The van der Waals surface area contributed by atoms with Gasteiger partial charge < -0.3 is 5.32 Å². The van der Waals surface area contributed by atoms with Gasteiger partial charge in [-0.15, -0.1) is 0 Å². The second-order valence-electron chi connectivity index (χ2n) is 5.37. The largest absolute Gasteiger partial charge is 0.323 e. The average Bonchev–Trinajstić information content (AvgIpc) is 3.12. The maximum absolute atomic E-state index is 14.0. The van der Waals surface area contributed by atoms with Crippen LogP contribution in [0.5, 0.6) is 0 Å². The highest BCUT2D eigenvalue weighted by Crippen LogP contribution is 2.49. The van der Waals surface area contributed by atoms with Crippen LogP contribution in [-0.4, -0.2) is 16.8 Å². The van der Waals surface area contributed by atoms with Gasteiger partial charge in [-0.05, 0) is 36.8 Å². The highest BCUT2D eigenvalue weighted by molar-refractivity contribution is 5.96. The van der Waals surface area contributed by atoms with Gasteiger partial charge in [0, 0.05) is 18.2 Å². The van der Waals surface area contributed by atoms with E-state index in [4.69, 9.17) is 0 Å². The Bertz CT molecular complexity index is 732. The molecule has 0 saturated heterocycles. The van der Waals surface area contributed by atoms with Crippen molar-refractivity contribution in [1.29, 1.82) is 0 Å². The van der Waals surface area contributed by atoms with Crippen LogP contribution in [0.15, 0.2) is 36.5 Å². The molecule has 2 aromatic rings. The van der Waals surface area contributed by atoms with Gasteiger partial charge in [0.25, 0.3) is 5.92 Å². The van der Waals surface area contributed by atoms with Gasteiger partial charge in [-0.3, -0.25) is 9.78 Å². The summed E-state index contributed by atoms with van der Waals surface area (Å²) in [5.74, 6) is -5.87. The molecule has 0 aliphatic heterocycles. The van der Waals surface area contributed by atoms with Crippen molar-refractivity contribution in [3.8, 4) is 11.3 Å². The molecule has 6 heteroatoms. The monoisotopic (exact) mass is 306 g/mol. The van der Waals surface area contributed by atoms with Gasteiger partial charge in [-0.1, -0.05) is 6.07 Å². The van der Waals surface area contributed by atoms with Crippen LogP contribution >= 0.6 is 0 Å². The number of amides is 1. The van der Waals surface area contributed by atoms with Crippen molar-refractivity contribution < 1.29 is 18.0 Å². The van der Waals surface area contributed by atoms with Crippen molar-refractivity contribution in [2.75, 3.05) is 5.32 Å². The number of rotatable bonds is 3. The summed E-state index contributed by atoms with van der Waals surface area (Å²) in [5, 5.41) is 2.24. The Hall–Kier alpha value is -2.37. The van der Waals surface area contributed by atoms with E-state index in [0.717, 1.165) is 0 Å². The maximum Gasteiger partial charge on any atom is 0.260 e. The van der Waals surface area contributed by atoms with Gasteiger partial charge in [0.05, 0.1) is 11.4 Å². The lowest BCUT2D eigenvalue weighted by atomic mass is 10.0. The average molecular weight is 306 g/mol. The third kappa shape index (κ3) is 2.68. The molecular formula is C16H13F3N2O. The van der Waals surface area contributed by atoms with Crippen LogP contribution in [0.1, 0.15) is 12.0 Å². The van der Waals surface area contributed by atoms with Gasteiger partial charge in [0.15, 0.2) is 0 Å². The lowest BCUT2D eigenvalue weighted by Gasteiger charge is -2.11. The summed E-state index contributed by atoms with van der Waals surface area (Å²) in [4.78, 5) is 15.9. The quantitative estimate of drug-likeness (QED) is 0.937. The minimum absolute atomic E-state index is 0.112. The molecule has 1 aliphatic rings. The molecule has 0 radical (unpaired) electrons. The molecular weight excluding hydrogens is 293 g/mol. The van der Waals surface area contributed by atoms with Crippen molar-refractivity contribution in [3.05, 3.63) is 47.9 Å². The maximum atomic E-state index is 14.0. The van der Waals surface area contributed by atoms with E-state index in [1.165, 1.54) is 12.1 Å². The summed E-state index contributed by atoms with van der Waals surface area (Å²) in [7, 11) is 0. The molecule has 3 nitrogen and oxygen atoms in total. The van der Waals surface area contributed by atoms with Gasteiger partial charge in [-0.25, -0.2) is 13.2 Å². The van der Waals surface area contributed by atoms with Crippen LogP contribution in [0.3, 0.4) is 0 Å². The van der Waals surface area contributed by atoms with E-state index in [0.29, 0.717) is 16.8 Å². The summed E-state index contributed by atoms with van der Waals surface area (Å²) in [6, 6.07) is 7.96. The predicted molar refractivity (Wildman–Crippen MR) is 76.1 cm³/mol. The molecule has 0 bridgehead atoms. The number of hydrogen-bond acceptors (Lipinski definition) is 2. The van der Waals surface area contributed by atoms with Crippen LogP contribution in [0.2, 0.25) is 0 Å². The first-order valence-corrected chi connectivity index (χ1v) is 6.79. The van der Waals surface area contributed by atoms with Gasteiger partial charge in [0.2, 0.25) is 5.91 Å². The van der Waals surface area contributed by atoms with Crippen molar-refractivity contribution >= 4 is 11.6 Å². The minimum atomic E-state index is -2.98. The zero-order chi connectivity index (χ0) is 15.9. The fourth-order valence-electron chi connectivity index (χ4n) is 2.28. The van der Waals surface area contributed by atoms with E-state index in [9.17, 15) is 18.0 Å². The molecule has 1 aliphatic carbocycles. The lowest BCUT2D eigenvalue weighted by molar-refractivity contribution is -0.119. The highest BCUT2D eigenvalue weighted by atomic mass is 19.3. The Morgan fingerprint density at radius 2 is 2.09 bits per heavy atom. The molecule has 1 N–H and O–H groups in total. The predicted octanol–water partition coefficient (Wildman–Crippen LogP) is 3.79. The first-order chi connectivity index (χ1) is 10.4. The number of nitrogens with zero attached hydrogens (tertiary/aromatic N) is 1. The fourth-order valence-corrected chi connectivity index (χ4v) is 2.28. The number of hydrogen-bond donors (Lipinski definition) is 1. The van der Waals surface area contributed by atoms with E-state index in [1.54, 1.807) is 31.3 Å². The third-order valence-electron chi connectivity index (χ3n) is 3.66. The van der Waals surface area contributed by atoms with Gasteiger partial charge in [0.1, 0.15) is 11.7 Å². The second kappa shape index (κ2) is 5.12. The Balaban J connectivity index is 1.90. The SMILES string of the molecule is Cc1cc(F)c(NC(=O)[C@@H]2CC2(F)F)cc1-c1ccccn1. The lowest BCUT2D eigenvalue weighted by Crippen LogP contribution is -2.18. The van der Waals surface area contributed by atoms with Crippen LogP contribution < -0.4 is 5.32 Å². The fraction of sp³-hybridized carbons (Fsp3) is 0.250. The summed E-state index contributed by atoms with van der Waals surface area (Å²) in [5.41, 5.74) is 1.79. The first kappa shape index (κ1) is 14.6. The number of anilines is 1. The van der Waals surface area contributed by atoms with Crippen LogP contribution in [0.25, 0.3) is 11.3 Å². The topological polar surface area (TPSA) is 42.0 Å². The second-order valence-corrected chi connectivity index (χ2v) is 5.37. The van der Waals surface area contributed by atoms with Crippen molar-refractivity contribution in [1.82, 2.24) is 4.98 Å². The summed E-state index contributed by atoms with van der Waals surface area (Å²) < 4.78 is 39.7. The Kier molecular flexibility index (Phi) is 3.39. The molecule has 1 amide bonds. The Morgan fingerprint density at radius 1 is 1.36 bits per heavy atom. The molecule has 22 heavy (non-hydrogen) atoms. The summed E-state index contributed by atoms with van der Waals surface area (Å²) in [6.45, 7) is 1.72. The number of carbonyl (C=O) groups is 1. The molecule has 3 rings (SSSR count). The number of nitrogens with one attached hydrogen (secondary N) is 1. The number of carbonyl (C=O) groups excluding carboxylic acids is 1. The summed E-state index contributed by atoms with van der Waals surface area (Å²) >= 11 is 0. The number of pyridine rings is 1. The third-order valence-corrected chi connectivity index (χ3v) is 3.66. The molecule has 1 fully saturated rings. The van der Waals surface area contributed by atoms with Crippen molar-refractivity contribution in [3.63, 3.8) is 0 Å². The molecule has 1 aromatic carbocycles. The van der Waals surface area contributed by atoms with E-state index in [2.05, 4.69) is 10.3 Å². The molecule has 1 saturated carbocycles. The molecule has 114 valence electrons. The smallest absolute Gasteiger partial charge is 0.260 e. The van der Waals surface area contributed by atoms with Gasteiger partial charge in [-0.2, -0.15) is 0 Å². The van der Waals surface area contributed by atoms with Crippen LogP contribution in [0, 0.1) is 18.7 Å². The standard InChI is InChI=1S/C16H13F3N2O/c1-9-6-12(17)14(21-15(22)11-8-16(11,18)19)7-10(9)13-4-2-3-5-20-13/h2-7,11H,8H2,1H3,(H,21,22)/t11-/m0/s1. The molecule has 0 spiro atoms. The Morgan fingerprint density at radius 3 is 2.68 bits per heavy atom. The minimum Gasteiger partial charge on any atom is -0.323 e. The van der Waals surface area contributed by atoms with Gasteiger partial charge >= 0.3 is 0 Å². The number of benzene rings is 1. The number of aryl methyl sites for hydroxylation is 1. The van der Waals surface area contributed by atoms with Crippen LogP contribution in [0.4, 0.5) is 18.9 Å². The molecule has 0 unspecified atom stereocenters. The van der Waals surface area contributed by atoms with E-state index in [1.807, 2.05) is 0 Å². The van der Waals surface area contributed by atoms with E-state index < -0.39 is 30.0 Å². The highest BCUT2D eigenvalue weighted by Gasteiger charge is 2.61. The first-order valence-electron chi connectivity index (χ1n) is 6.79. The number of alkyl halides is 2. The molecule has 1 aromatic heterocycles. The normalized spacial score (nSPS) is 18.8. The number of halogens is 3. The summed E-state index contributed by atoms with van der Waals surface area (Å²) in [6.07, 6.45) is 1.11. The van der Waals surface area contributed by atoms with Crippen LogP contribution in [-0.2, 0) is 4.79 Å². The zero-order valence-electron chi connectivity index (χ0n) is 11.7. The molecule has 1 heterocycles. The van der Waals surface area contributed by atoms with Crippen molar-refractivity contribution in [2.45, 2.75) is 19.3 Å². The number of aromatic nitrogens is 1. The molecule has 1 atom stereocenters. The van der Waals surface area contributed by atoms with E-state index >= 15 is 0 Å². The Labute approximate surface area is 125 Å². The zero-order valence-corrected chi connectivity index (χ0v) is 11.7. The van der Waals surface area contributed by atoms with Crippen molar-refractivity contribution in [2.24, 2.45) is 5.92 Å².